The number of aromatic nitrogens is 5. The number of pyridine rings is 1. The first kappa shape index (κ1) is 19.6. The number of benzene rings is 2. The van der Waals surface area contributed by atoms with E-state index in [1.807, 2.05) is 13.0 Å². The fourth-order valence-corrected chi connectivity index (χ4v) is 3.68. The molecule has 8 nitrogen and oxygen atoms in total. The number of hydrogen-bond acceptors (Lipinski definition) is 6. The van der Waals surface area contributed by atoms with Crippen LogP contribution in [0.1, 0.15) is 18.8 Å². The van der Waals surface area contributed by atoms with Gasteiger partial charge in [0.25, 0.3) is 5.56 Å². The molecule has 3 aromatic heterocycles. The van der Waals surface area contributed by atoms with Gasteiger partial charge in [0, 0.05) is 12.3 Å². The summed E-state index contributed by atoms with van der Waals surface area (Å²) in [5.74, 6) is 0.193. The van der Waals surface area contributed by atoms with Crippen molar-refractivity contribution >= 4 is 27.8 Å². The Morgan fingerprint density at radius 1 is 1.06 bits per heavy atom. The average molecular weight is 428 g/mol. The van der Waals surface area contributed by atoms with Crippen molar-refractivity contribution in [2.75, 3.05) is 5.32 Å². The smallest absolute Gasteiger partial charge is 0.266 e. The van der Waals surface area contributed by atoms with Crippen molar-refractivity contribution in [3.8, 4) is 5.69 Å². The Hall–Kier alpha value is -4.40. The van der Waals surface area contributed by atoms with Crippen molar-refractivity contribution in [1.82, 2.24) is 24.5 Å². The monoisotopic (exact) mass is 428 g/mol. The van der Waals surface area contributed by atoms with E-state index in [2.05, 4.69) is 25.3 Å². The molecule has 0 bridgehead atoms. The molecule has 1 atom stereocenters. The molecule has 0 saturated heterocycles. The number of aromatic amines is 1. The van der Waals surface area contributed by atoms with Crippen LogP contribution in [0, 0.1) is 5.82 Å². The number of rotatable bonds is 4. The van der Waals surface area contributed by atoms with Crippen LogP contribution < -0.4 is 16.3 Å². The van der Waals surface area contributed by atoms with E-state index in [-0.39, 0.29) is 10.8 Å². The zero-order valence-electron chi connectivity index (χ0n) is 16.9. The van der Waals surface area contributed by atoms with Gasteiger partial charge in [0.1, 0.15) is 34.8 Å². The van der Waals surface area contributed by atoms with Crippen LogP contribution in [0.2, 0.25) is 0 Å². The zero-order chi connectivity index (χ0) is 22.2. The van der Waals surface area contributed by atoms with E-state index in [4.69, 9.17) is 0 Å². The molecule has 0 aliphatic carbocycles. The quantitative estimate of drug-likeness (QED) is 0.455. The summed E-state index contributed by atoms with van der Waals surface area (Å²) >= 11 is 0. The fraction of sp³-hybridized carbons (Fsp3) is 0.0870. The summed E-state index contributed by atoms with van der Waals surface area (Å²) in [6.45, 7) is 1.81. The summed E-state index contributed by atoms with van der Waals surface area (Å²) in [4.78, 5) is 41.7. The molecule has 0 fully saturated rings. The highest BCUT2D eigenvalue weighted by atomic mass is 19.1. The maximum atomic E-state index is 13.8. The second kappa shape index (κ2) is 7.69. The predicted molar refractivity (Wildman–Crippen MR) is 119 cm³/mol. The number of H-pyrrole nitrogens is 1. The number of hydrogen-bond donors (Lipinski definition) is 2. The van der Waals surface area contributed by atoms with E-state index in [0.717, 1.165) is 0 Å². The van der Waals surface area contributed by atoms with Crippen molar-refractivity contribution in [2.45, 2.75) is 13.0 Å². The second-order valence-electron chi connectivity index (χ2n) is 7.26. The summed E-state index contributed by atoms with van der Waals surface area (Å²) in [7, 11) is 0. The topological polar surface area (TPSA) is 106 Å². The Labute approximate surface area is 180 Å². The summed E-state index contributed by atoms with van der Waals surface area (Å²) in [5, 5.41) is 3.67. The third-order valence-electron chi connectivity index (χ3n) is 5.16. The first-order valence-electron chi connectivity index (χ1n) is 9.89. The molecule has 3 heterocycles. The number of nitrogens with zero attached hydrogens (tertiary/aromatic N) is 4. The minimum Gasteiger partial charge on any atom is -0.360 e. The first-order chi connectivity index (χ1) is 15.5. The number of nitrogens with one attached hydrogen (secondary N) is 2. The summed E-state index contributed by atoms with van der Waals surface area (Å²) < 4.78 is 15.3. The molecule has 158 valence electrons. The molecule has 0 amide bonds. The van der Waals surface area contributed by atoms with Gasteiger partial charge < -0.3 is 10.3 Å². The minimum absolute atomic E-state index is 0.175. The molecule has 0 aliphatic rings. The SMILES string of the molecule is CC(Nc1ncnc2[nH]ccc(=O)c12)c1nc2ccc(F)cc2c(=O)n1-c1ccccc1. The van der Waals surface area contributed by atoms with E-state index < -0.39 is 17.4 Å². The third kappa shape index (κ3) is 3.29. The lowest BCUT2D eigenvalue weighted by Gasteiger charge is -2.20. The molecule has 5 aromatic rings. The number of fused-ring (bicyclic) bond motifs is 2. The van der Waals surface area contributed by atoms with Gasteiger partial charge in [-0.05, 0) is 37.3 Å². The maximum Gasteiger partial charge on any atom is 0.266 e. The van der Waals surface area contributed by atoms with Crippen LogP contribution in [0.4, 0.5) is 10.2 Å². The lowest BCUT2D eigenvalue weighted by molar-refractivity contribution is 0.629. The van der Waals surface area contributed by atoms with Gasteiger partial charge in [0.15, 0.2) is 5.43 Å². The largest absolute Gasteiger partial charge is 0.360 e. The minimum atomic E-state index is -0.532. The predicted octanol–water partition coefficient (Wildman–Crippen LogP) is 3.33. The normalized spacial score (nSPS) is 12.2. The van der Waals surface area contributed by atoms with E-state index in [1.165, 1.54) is 41.4 Å². The molecule has 0 aliphatic heterocycles. The average Bonchev–Trinajstić information content (AvgIpc) is 2.80. The van der Waals surface area contributed by atoms with Crippen molar-refractivity contribution in [2.24, 2.45) is 0 Å². The van der Waals surface area contributed by atoms with Gasteiger partial charge in [-0.3, -0.25) is 14.2 Å². The Bertz CT molecular complexity index is 1570. The number of anilines is 1. The standard InChI is InChI=1S/C23H17FN6O2/c1-13(28-21-19-18(31)9-10-25-20(19)26-12-27-21)22-29-17-8-7-14(24)11-16(17)23(32)30(22)15-5-3-2-4-6-15/h2-13H,1H3,(H2,25,26,27,28,31). The van der Waals surface area contributed by atoms with Crippen molar-refractivity contribution in [3.05, 3.63) is 99.3 Å². The van der Waals surface area contributed by atoms with Crippen LogP contribution >= 0.6 is 0 Å². The van der Waals surface area contributed by atoms with E-state index in [0.29, 0.717) is 33.9 Å². The molecule has 2 N–H and O–H groups in total. The highest BCUT2D eigenvalue weighted by molar-refractivity contribution is 5.86. The van der Waals surface area contributed by atoms with Crippen molar-refractivity contribution in [3.63, 3.8) is 0 Å². The molecule has 32 heavy (non-hydrogen) atoms. The number of halogens is 1. The van der Waals surface area contributed by atoms with Crippen LogP contribution in [0.5, 0.6) is 0 Å². The van der Waals surface area contributed by atoms with E-state index in [1.54, 1.807) is 24.3 Å². The molecular weight excluding hydrogens is 411 g/mol. The van der Waals surface area contributed by atoms with E-state index in [9.17, 15) is 14.0 Å². The second-order valence-corrected chi connectivity index (χ2v) is 7.26. The van der Waals surface area contributed by atoms with Gasteiger partial charge in [-0.1, -0.05) is 18.2 Å². The van der Waals surface area contributed by atoms with Crippen molar-refractivity contribution < 1.29 is 4.39 Å². The lowest BCUT2D eigenvalue weighted by Crippen LogP contribution is -2.27. The van der Waals surface area contributed by atoms with Gasteiger partial charge in [-0.15, -0.1) is 0 Å². The summed E-state index contributed by atoms with van der Waals surface area (Å²) in [6.07, 6.45) is 2.86. The lowest BCUT2D eigenvalue weighted by atomic mass is 10.2. The summed E-state index contributed by atoms with van der Waals surface area (Å²) in [5.41, 5.74) is 0.721. The van der Waals surface area contributed by atoms with Crippen LogP contribution in [0.3, 0.4) is 0 Å². The van der Waals surface area contributed by atoms with Gasteiger partial charge in [-0.25, -0.2) is 19.3 Å². The molecule has 0 radical (unpaired) electrons. The van der Waals surface area contributed by atoms with E-state index >= 15 is 0 Å². The molecular formula is C23H17FN6O2. The summed E-state index contributed by atoms with van der Waals surface area (Å²) in [6, 6.07) is 13.8. The molecule has 0 spiro atoms. The maximum absolute atomic E-state index is 13.8. The first-order valence-corrected chi connectivity index (χ1v) is 9.89. The molecule has 5 rings (SSSR count). The molecule has 9 heteroatoms. The Morgan fingerprint density at radius 3 is 2.69 bits per heavy atom. The number of para-hydroxylation sites is 1. The van der Waals surface area contributed by atoms with Crippen LogP contribution in [0.15, 0.2) is 76.7 Å². The van der Waals surface area contributed by atoms with Crippen LogP contribution in [0.25, 0.3) is 27.6 Å². The molecule has 2 aromatic carbocycles. The highest BCUT2D eigenvalue weighted by Gasteiger charge is 2.20. The Kier molecular flexibility index (Phi) is 4.70. The molecule has 0 saturated carbocycles. The van der Waals surface area contributed by atoms with Gasteiger partial charge >= 0.3 is 0 Å². The Balaban J connectivity index is 1.71. The molecule has 1 unspecified atom stereocenters. The van der Waals surface area contributed by atoms with Gasteiger partial charge in [0.05, 0.1) is 22.6 Å². The van der Waals surface area contributed by atoms with Gasteiger partial charge in [0.2, 0.25) is 0 Å². The zero-order valence-corrected chi connectivity index (χ0v) is 16.9. The van der Waals surface area contributed by atoms with Crippen LogP contribution in [-0.2, 0) is 0 Å². The Morgan fingerprint density at radius 2 is 1.88 bits per heavy atom. The third-order valence-corrected chi connectivity index (χ3v) is 5.16. The fourth-order valence-electron chi connectivity index (χ4n) is 3.68. The highest BCUT2D eigenvalue weighted by Crippen LogP contribution is 2.23. The van der Waals surface area contributed by atoms with Crippen LogP contribution in [-0.4, -0.2) is 24.5 Å². The van der Waals surface area contributed by atoms with Crippen molar-refractivity contribution in [1.29, 1.82) is 0 Å². The van der Waals surface area contributed by atoms with Gasteiger partial charge in [-0.2, -0.15) is 0 Å².